The Bertz CT molecular complexity index is 654. The summed E-state index contributed by atoms with van der Waals surface area (Å²) in [7, 11) is 0. The second kappa shape index (κ2) is 7.93. The van der Waals surface area contributed by atoms with Gasteiger partial charge in [0.15, 0.2) is 0 Å². The van der Waals surface area contributed by atoms with Gasteiger partial charge in [-0.3, -0.25) is 0 Å². The van der Waals surface area contributed by atoms with Crippen molar-refractivity contribution in [3.8, 4) is 5.75 Å². The molecule has 0 aliphatic heterocycles. The molecule has 0 atom stereocenters. The van der Waals surface area contributed by atoms with E-state index in [2.05, 4.69) is 17.2 Å². The predicted molar refractivity (Wildman–Crippen MR) is 72.4 cm³/mol. The third kappa shape index (κ3) is 4.67. The minimum Gasteiger partial charge on any atom is -0.545 e. The Morgan fingerprint density at radius 1 is 1.10 bits per heavy atom. The fourth-order valence-corrected chi connectivity index (χ4v) is 1.66. The van der Waals surface area contributed by atoms with Crippen molar-refractivity contribution in [2.45, 2.75) is 13.3 Å². The first kappa shape index (κ1) is 17.4. The minimum absolute atomic E-state index is 0. The Hall–Kier alpha value is -1.69. The molecule has 102 valence electrons. The van der Waals surface area contributed by atoms with Crippen LogP contribution in [0.2, 0.25) is 0 Å². The summed E-state index contributed by atoms with van der Waals surface area (Å²) < 4.78 is 0. The Kier molecular flexibility index (Phi) is 6.55. The van der Waals surface area contributed by atoms with Crippen LogP contribution in [0.4, 0.5) is 11.4 Å². The van der Waals surface area contributed by atoms with Crippen molar-refractivity contribution >= 4 is 17.3 Å². The molecular formula is C15H13N2NaO3. The Morgan fingerprint density at radius 2 is 1.67 bits per heavy atom. The fourth-order valence-electron chi connectivity index (χ4n) is 1.66. The second-order valence-corrected chi connectivity index (χ2v) is 4.21. The van der Waals surface area contributed by atoms with Crippen LogP contribution in [-0.4, -0.2) is 11.1 Å². The van der Waals surface area contributed by atoms with E-state index < -0.39 is 5.97 Å². The molecule has 0 aliphatic carbocycles. The average Bonchev–Trinajstić information content (AvgIpc) is 2.46. The molecule has 2 aromatic rings. The maximum Gasteiger partial charge on any atom is 1.00 e. The molecule has 1 N–H and O–H groups in total. The molecule has 0 bridgehead atoms. The number of aryl methyl sites for hydroxylation is 1. The number of rotatable bonds is 4. The van der Waals surface area contributed by atoms with Crippen LogP contribution < -0.4 is 34.7 Å². The number of aromatic hydroxyl groups is 1. The van der Waals surface area contributed by atoms with Gasteiger partial charge in [-0.25, -0.2) is 0 Å². The molecule has 2 rings (SSSR count). The van der Waals surface area contributed by atoms with Gasteiger partial charge >= 0.3 is 29.6 Å². The summed E-state index contributed by atoms with van der Waals surface area (Å²) >= 11 is 0. The number of carbonyl (C=O) groups excluding carboxylic acids is 1. The van der Waals surface area contributed by atoms with E-state index in [1.807, 2.05) is 24.3 Å². The van der Waals surface area contributed by atoms with E-state index in [0.717, 1.165) is 6.42 Å². The molecule has 0 radical (unpaired) electrons. The predicted octanol–water partition coefficient (Wildman–Crippen LogP) is -0.263. The smallest absolute Gasteiger partial charge is 0.545 e. The maximum absolute atomic E-state index is 10.8. The van der Waals surface area contributed by atoms with Gasteiger partial charge in [-0.05, 0) is 42.3 Å². The summed E-state index contributed by atoms with van der Waals surface area (Å²) in [5.74, 6) is -1.80. The molecule has 21 heavy (non-hydrogen) atoms. The standard InChI is InChI=1S/C15H14N2O3.Na/c1-2-10-3-5-11(6-4-10)16-17-12-7-8-14(18)13(9-12)15(19)20;/h3-9,18H,2H2,1H3,(H,19,20);/q;+1/p-1. The second-order valence-electron chi connectivity index (χ2n) is 4.21. The van der Waals surface area contributed by atoms with Crippen molar-refractivity contribution in [1.29, 1.82) is 0 Å². The first-order valence-electron chi connectivity index (χ1n) is 6.15. The number of carboxylic acid groups (broad SMARTS) is 1. The summed E-state index contributed by atoms with van der Waals surface area (Å²) in [6.07, 6.45) is 0.949. The number of carboxylic acids is 1. The van der Waals surface area contributed by atoms with Crippen molar-refractivity contribution in [3.05, 3.63) is 53.6 Å². The summed E-state index contributed by atoms with van der Waals surface area (Å²) in [5, 5.41) is 28.1. The number of hydrogen-bond donors (Lipinski definition) is 1. The number of hydrogen-bond acceptors (Lipinski definition) is 5. The first-order chi connectivity index (χ1) is 9.60. The number of carbonyl (C=O) groups is 1. The van der Waals surface area contributed by atoms with E-state index in [0.29, 0.717) is 11.4 Å². The normalized spacial score (nSPS) is 10.3. The third-order valence-corrected chi connectivity index (χ3v) is 2.83. The van der Waals surface area contributed by atoms with Crippen molar-refractivity contribution < 1.29 is 44.6 Å². The molecule has 2 aromatic carbocycles. The van der Waals surface area contributed by atoms with Crippen molar-refractivity contribution in [2.75, 3.05) is 0 Å². The molecule has 0 heterocycles. The van der Waals surface area contributed by atoms with Gasteiger partial charge in [0.05, 0.1) is 17.3 Å². The van der Waals surface area contributed by atoms with Crippen LogP contribution in [0.1, 0.15) is 22.8 Å². The van der Waals surface area contributed by atoms with Crippen LogP contribution in [0, 0.1) is 0 Å². The number of benzene rings is 2. The summed E-state index contributed by atoms with van der Waals surface area (Å²) in [6, 6.07) is 11.5. The molecule has 0 aromatic heterocycles. The van der Waals surface area contributed by atoms with E-state index >= 15 is 0 Å². The monoisotopic (exact) mass is 292 g/mol. The van der Waals surface area contributed by atoms with Gasteiger partial charge in [0.2, 0.25) is 0 Å². The van der Waals surface area contributed by atoms with Crippen LogP contribution >= 0.6 is 0 Å². The zero-order valence-corrected chi connectivity index (χ0v) is 13.9. The van der Waals surface area contributed by atoms with Crippen LogP contribution in [0.25, 0.3) is 0 Å². The van der Waals surface area contributed by atoms with Gasteiger partial charge in [0.25, 0.3) is 0 Å². The third-order valence-electron chi connectivity index (χ3n) is 2.83. The number of aromatic carboxylic acids is 1. The SMILES string of the molecule is CCc1ccc(N=Nc2ccc(O)c(C(=O)[O-])c2)cc1.[Na+]. The molecule has 0 spiro atoms. The van der Waals surface area contributed by atoms with Crippen molar-refractivity contribution in [1.82, 2.24) is 0 Å². The summed E-state index contributed by atoms with van der Waals surface area (Å²) in [6.45, 7) is 2.06. The van der Waals surface area contributed by atoms with E-state index in [4.69, 9.17) is 0 Å². The van der Waals surface area contributed by atoms with E-state index in [-0.39, 0.29) is 40.9 Å². The molecule has 0 amide bonds. The molecule has 0 fully saturated rings. The summed E-state index contributed by atoms with van der Waals surface area (Å²) in [5.41, 5.74) is 1.91. The molecule has 5 nitrogen and oxygen atoms in total. The van der Waals surface area contributed by atoms with Gasteiger partial charge < -0.3 is 15.0 Å². The zero-order chi connectivity index (χ0) is 14.5. The Labute approximate surface area is 144 Å². The molecule has 0 saturated heterocycles. The van der Waals surface area contributed by atoms with Gasteiger partial charge in [-0.15, -0.1) is 0 Å². The fraction of sp³-hybridized carbons (Fsp3) is 0.133. The van der Waals surface area contributed by atoms with Gasteiger partial charge in [0.1, 0.15) is 5.75 Å². The zero-order valence-electron chi connectivity index (χ0n) is 11.9. The maximum atomic E-state index is 10.8. The van der Waals surface area contributed by atoms with Crippen LogP contribution in [-0.2, 0) is 6.42 Å². The molecule has 0 saturated carbocycles. The number of phenols is 1. The Balaban J connectivity index is 0.00000220. The molecule has 6 heteroatoms. The van der Waals surface area contributed by atoms with Gasteiger partial charge in [-0.2, -0.15) is 10.2 Å². The first-order valence-corrected chi connectivity index (χ1v) is 6.15. The molecular weight excluding hydrogens is 279 g/mol. The number of nitrogens with zero attached hydrogens (tertiary/aromatic N) is 2. The average molecular weight is 292 g/mol. The van der Waals surface area contributed by atoms with Gasteiger partial charge in [0, 0.05) is 5.56 Å². The van der Waals surface area contributed by atoms with Crippen LogP contribution in [0.15, 0.2) is 52.7 Å². The topological polar surface area (TPSA) is 85.1 Å². The van der Waals surface area contributed by atoms with Crippen LogP contribution in [0.3, 0.4) is 0 Å². The van der Waals surface area contributed by atoms with Crippen LogP contribution in [0.5, 0.6) is 5.75 Å². The molecule has 0 aliphatic rings. The quantitative estimate of drug-likeness (QED) is 0.622. The van der Waals surface area contributed by atoms with Crippen molar-refractivity contribution in [2.24, 2.45) is 10.2 Å². The van der Waals surface area contributed by atoms with Gasteiger partial charge in [-0.1, -0.05) is 19.1 Å². The van der Waals surface area contributed by atoms with E-state index in [1.165, 1.54) is 23.8 Å². The van der Waals surface area contributed by atoms with E-state index in [9.17, 15) is 15.0 Å². The summed E-state index contributed by atoms with van der Waals surface area (Å²) in [4.78, 5) is 10.8. The Morgan fingerprint density at radius 3 is 2.24 bits per heavy atom. The van der Waals surface area contributed by atoms with E-state index in [1.54, 1.807) is 0 Å². The number of azo groups is 1. The minimum atomic E-state index is -1.45. The van der Waals surface area contributed by atoms with Crippen molar-refractivity contribution in [3.63, 3.8) is 0 Å². The largest absolute Gasteiger partial charge is 1.00 e. The molecule has 0 unspecified atom stereocenters.